The minimum atomic E-state index is 0.457. The van der Waals surface area contributed by atoms with Crippen molar-refractivity contribution in [2.24, 2.45) is 11.7 Å². The molecule has 0 fully saturated rings. The zero-order valence-corrected chi connectivity index (χ0v) is 9.07. The number of rotatable bonds is 3. The fraction of sp³-hybridized carbons (Fsp3) is 0.400. The van der Waals surface area contributed by atoms with E-state index in [4.69, 9.17) is 28.9 Å². The van der Waals surface area contributed by atoms with Crippen LogP contribution in [0.4, 0.5) is 0 Å². The quantitative estimate of drug-likeness (QED) is 0.828. The normalized spacial score (nSPS) is 12.9. The highest BCUT2D eigenvalue weighted by Crippen LogP contribution is 2.22. The monoisotopic (exact) mass is 217 g/mol. The lowest BCUT2D eigenvalue weighted by atomic mass is 10.0. The maximum Gasteiger partial charge on any atom is 0.0452 e. The van der Waals surface area contributed by atoms with E-state index >= 15 is 0 Å². The average molecular weight is 218 g/mol. The smallest absolute Gasteiger partial charge is 0.0452 e. The minimum absolute atomic E-state index is 0.457. The number of hydrogen-bond acceptors (Lipinski definition) is 1. The molecule has 0 bridgehead atoms. The van der Waals surface area contributed by atoms with Crippen molar-refractivity contribution < 1.29 is 0 Å². The summed E-state index contributed by atoms with van der Waals surface area (Å²) < 4.78 is 0. The first kappa shape index (κ1) is 10.8. The van der Waals surface area contributed by atoms with Crippen LogP contribution in [-0.2, 0) is 6.42 Å². The molecule has 0 saturated heterocycles. The Kier molecular flexibility index (Phi) is 4.04. The van der Waals surface area contributed by atoms with E-state index in [1.165, 1.54) is 0 Å². The molecule has 0 radical (unpaired) electrons. The number of halogens is 2. The third-order valence-corrected chi connectivity index (χ3v) is 2.57. The zero-order valence-electron chi connectivity index (χ0n) is 7.56. The predicted molar refractivity (Wildman–Crippen MR) is 58.4 cm³/mol. The van der Waals surface area contributed by atoms with E-state index in [0.29, 0.717) is 17.5 Å². The van der Waals surface area contributed by atoms with E-state index in [9.17, 15) is 0 Å². The molecule has 1 atom stereocenters. The molecule has 0 aliphatic carbocycles. The van der Waals surface area contributed by atoms with Gasteiger partial charge in [-0.2, -0.15) is 0 Å². The Labute approximate surface area is 88.8 Å². The van der Waals surface area contributed by atoms with Gasteiger partial charge in [-0.3, -0.25) is 0 Å². The van der Waals surface area contributed by atoms with Crippen molar-refractivity contribution in [1.82, 2.24) is 0 Å². The highest BCUT2D eigenvalue weighted by molar-refractivity contribution is 6.35. The van der Waals surface area contributed by atoms with Crippen LogP contribution >= 0.6 is 23.2 Å². The third kappa shape index (κ3) is 3.18. The highest BCUT2D eigenvalue weighted by Gasteiger charge is 2.05. The largest absolute Gasteiger partial charge is 0.330 e. The Morgan fingerprint density at radius 3 is 2.62 bits per heavy atom. The Bertz CT molecular complexity index is 286. The Hall–Kier alpha value is -0.240. The van der Waals surface area contributed by atoms with Gasteiger partial charge in [-0.05, 0) is 36.6 Å². The lowest BCUT2D eigenvalue weighted by molar-refractivity contribution is 0.593. The third-order valence-electron chi connectivity index (χ3n) is 1.99. The van der Waals surface area contributed by atoms with Gasteiger partial charge in [0.25, 0.3) is 0 Å². The molecule has 13 heavy (non-hydrogen) atoms. The van der Waals surface area contributed by atoms with Crippen LogP contribution in [0.5, 0.6) is 0 Å². The van der Waals surface area contributed by atoms with Crippen molar-refractivity contribution in [2.75, 3.05) is 6.54 Å². The van der Waals surface area contributed by atoms with Crippen LogP contribution in [-0.4, -0.2) is 6.54 Å². The van der Waals surface area contributed by atoms with Crippen LogP contribution in [0.1, 0.15) is 12.5 Å². The van der Waals surface area contributed by atoms with Gasteiger partial charge in [-0.1, -0.05) is 36.2 Å². The molecule has 1 rings (SSSR count). The fourth-order valence-electron chi connectivity index (χ4n) is 1.15. The molecular formula is C10H13Cl2N. The molecule has 0 heterocycles. The summed E-state index contributed by atoms with van der Waals surface area (Å²) in [6.07, 6.45) is 0.909. The van der Waals surface area contributed by atoms with Gasteiger partial charge < -0.3 is 5.73 Å². The molecule has 0 spiro atoms. The van der Waals surface area contributed by atoms with Crippen molar-refractivity contribution in [3.05, 3.63) is 33.8 Å². The van der Waals surface area contributed by atoms with E-state index in [0.717, 1.165) is 17.0 Å². The second-order valence-electron chi connectivity index (χ2n) is 3.28. The lowest BCUT2D eigenvalue weighted by Crippen LogP contribution is -2.13. The summed E-state index contributed by atoms with van der Waals surface area (Å²) in [5.41, 5.74) is 6.65. The first-order valence-corrected chi connectivity index (χ1v) is 5.03. The number of hydrogen-bond donors (Lipinski definition) is 1. The Balaban J connectivity index is 2.77. The molecule has 0 amide bonds. The van der Waals surface area contributed by atoms with Crippen LogP contribution < -0.4 is 5.73 Å². The second kappa shape index (κ2) is 4.85. The molecule has 1 nitrogen and oxygen atoms in total. The van der Waals surface area contributed by atoms with E-state index in [1.807, 2.05) is 12.1 Å². The number of nitrogens with two attached hydrogens (primary N) is 1. The molecule has 0 aliphatic rings. The summed E-state index contributed by atoms with van der Waals surface area (Å²) in [6.45, 7) is 2.78. The molecule has 2 N–H and O–H groups in total. The first-order valence-electron chi connectivity index (χ1n) is 4.27. The van der Waals surface area contributed by atoms with E-state index < -0.39 is 0 Å². The Morgan fingerprint density at radius 2 is 2.08 bits per heavy atom. The summed E-state index contributed by atoms with van der Waals surface area (Å²) in [6, 6.07) is 5.57. The highest BCUT2D eigenvalue weighted by atomic mass is 35.5. The lowest BCUT2D eigenvalue weighted by Gasteiger charge is -2.09. The molecule has 3 heteroatoms. The van der Waals surface area contributed by atoms with E-state index in [1.54, 1.807) is 6.07 Å². The topological polar surface area (TPSA) is 26.0 Å². The van der Waals surface area contributed by atoms with Gasteiger partial charge in [0.1, 0.15) is 0 Å². The van der Waals surface area contributed by atoms with E-state index in [-0.39, 0.29) is 0 Å². The first-order chi connectivity index (χ1) is 6.13. The van der Waals surface area contributed by atoms with Crippen LogP contribution in [0, 0.1) is 5.92 Å². The number of benzene rings is 1. The van der Waals surface area contributed by atoms with Crippen molar-refractivity contribution in [1.29, 1.82) is 0 Å². The van der Waals surface area contributed by atoms with Crippen LogP contribution in [0.3, 0.4) is 0 Å². The minimum Gasteiger partial charge on any atom is -0.330 e. The maximum atomic E-state index is 6.01. The fourth-order valence-corrected chi connectivity index (χ4v) is 1.63. The zero-order chi connectivity index (χ0) is 9.84. The van der Waals surface area contributed by atoms with Crippen molar-refractivity contribution >= 4 is 23.2 Å². The van der Waals surface area contributed by atoms with Gasteiger partial charge in [-0.15, -0.1) is 0 Å². The molecule has 0 aliphatic heterocycles. The summed E-state index contributed by atoms with van der Waals surface area (Å²) in [7, 11) is 0. The van der Waals surface area contributed by atoms with E-state index in [2.05, 4.69) is 6.92 Å². The molecule has 0 saturated carbocycles. The van der Waals surface area contributed by atoms with Gasteiger partial charge in [0.2, 0.25) is 0 Å². The summed E-state index contributed by atoms with van der Waals surface area (Å²) in [4.78, 5) is 0. The molecule has 0 aromatic heterocycles. The van der Waals surface area contributed by atoms with Gasteiger partial charge in [-0.25, -0.2) is 0 Å². The maximum absolute atomic E-state index is 6.01. The average Bonchev–Trinajstić information content (AvgIpc) is 2.09. The van der Waals surface area contributed by atoms with Gasteiger partial charge in [0.05, 0.1) is 0 Å². The second-order valence-corrected chi connectivity index (χ2v) is 4.12. The van der Waals surface area contributed by atoms with Crippen molar-refractivity contribution in [3.8, 4) is 0 Å². The van der Waals surface area contributed by atoms with Gasteiger partial charge in [0, 0.05) is 10.0 Å². The van der Waals surface area contributed by atoms with Crippen LogP contribution in [0.2, 0.25) is 10.0 Å². The predicted octanol–water partition coefficient (Wildman–Crippen LogP) is 3.13. The SMILES string of the molecule is CC(CN)Cc1ccc(Cl)cc1Cl. The van der Waals surface area contributed by atoms with Gasteiger partial charge >= 0.3 is 0 Å². The molecule has 1 unspecified atom stereocenters. The molecular weight excluding hydrogens is 205 g/mol. The molecule has 72 valence electrons. The van der Waals surface area contributed by atoms with Gasteiger partial charge in [0.15, 0.2) is 0 Å². The summed E-state index contributed by atoms with van der Waals surface area (Å²) in [5, 5.41) is 1.40. The van der Waals surface area contributed by atoms with Crippen molar-refractivity contribution in [2.45, 2.75) is 13.3 Å². The Morgan fingerprint density at radius 1 is 1.38 bits per heavy atom. The standard InChI is InChI=1S/C10H13Cl2N/c1-7(6-13)4-8-2-3-9(11)5-10(8)12/h2-3,5,7H,4,6,13H2,1H3. The summed E-state index contributed by atoms with van der Waals surface area (Å²) >= 11 is 11.8. The molecule has 1 aromatic carbocycles. The van der Waals surface area contributed by atoms with Crippen LogP contribution in [0.15, 0.2) is 18.2 Å². The van der Waals surface area contributed by atoms with Crippen molar-refractivity contribution in [3.63, 3.8) is 0 Å². The van der Waals surface area contributed by atoms with Crippen LogP contribution in [0.25, 0.3) is 0 Å². The summed E-state index contributed by atoms with van der Waals surface area (Å²) in [5.74, 6) is 0.457. The molecule has 1 aromatic rings.